The molecule has 2 aromatic carbocycles. The molecule has 0 aliphatic rings. The number of thiophene rings is 1. The maximum absolute atomic E-state index is 12.6. The average Bonchev–Trinajstić information content (AvgIpc) is 3.16. The van der Waals surface area contributed by atoms with Gasteiger partial charge in [-0.1, -0.05) is 30.3 Å². The SMILES string of the molecule is Cc1ccsc1/C=C/C(=O)N(C)C(C)c1cccc(NC(=O)c2ccccc2)c1. The summed E-state index contributed by atoms with van der Waals surface area (Å²) in [6, 6.07) is 18.6. The van der Waals surface area contributed by atoms with E-state index in [1.165, 1.54) is 0 Å². The Morgan fingerprint density at radius 1 is 1.07 bits per heavy atom. The Morgan fingerprint density at radius 2 is 1.83 bits per heavy atom. The van der Waals surface area contributed by atoms with E-state index in [9.17, 15) is 9.59 Å². The van der Waals surface area contributed by atoms with Crippen LogP contribution in [0.15, 0.2) is 72.1 Å². The molecule has 148 valence electrons. The van der Waals surface area contributed by atoms with Crippen LogP contribution in [0.3, 0.4) is 0 Å². The smallest absolute Gasteiger partial charge is 0.255 e. The monoisotopic (exact) mass is 404 g/mol. The van der Waals surface area contributed by atoms with Gasteiger partial charge in [-0.05, 0) is 66.8 Å². The van der Waals surface area contributed by atoms with Crippen molar-refractivity contribution >= 4 is 34.9 Å². The van der Waals surface area contributed by atoms with Gasteiger partial charge in [-0.25, -0.2) is 0 Å². The zero-order valence-corrected chi connectivity index (χ0v) is 17.6. The number of nitrogens with zero attached hydrogens (tertiary/aromatic N) is 1. The zero-order chi connectivity index (χ0) is 20.8. The molecule has 0 spiro atoms. The third-order valence-electron chi connectivity index (χ3n) is 4.87. The molecule has 1 unspecified atom stereocenters. The highest BCUT2D eigenvalue weighted by Gasteiger charge is 2.16. The van der Waals surface area contributed by atoms with Crippen molar-refractivity contribution in [1.29, 1.82) is 0 Å². The Kier molecular flexibility index (Phi) is 6.62. The molecule has 2 amide bonds. The Bertz CT molecular complexity index is 1020. The molecule has 1 N–H and O–H groups in total. The Balaban J connectivity index is 1.68. The fraction of sp³-hybridized carbons (Fsp3) is 0.167. The molecule has 1 atom stereocenters. The highest BCUT2D eigenvalue weighted by Crippen LogP contribution is 2.23. The standard InChI is InChI=1S/C24H24N2O2S/c1-17-14-15-29-22(17)12-13-23(27)26(3)18(2)20-10-7-11-21(16-20)25-24(28)19-8-5-4-6-9-19/h4-16,18H,1-3H3,(H,25,28)/b13-12+. The quantitative estimate of drug-likeness (QED) is 0.548. The first-order valence-corrected chi connectivity index (χ1v) is 10.3. The summed E-state index contributed by atoms with van der Waals surface area (Å²) in [5.74, 6) is -0.224. The number of hydrogen-bond acceptors (Lipinski definition) is 3. The number of benzene rings is 2. The Labute approximate surface area is 175 Å². The first-order valence-electron chi connectivity index (χ1n) is 9.41. The van der Waals surface area contributed by atoms with E-state index >= 15 is 0 Å². The van der Waals surface area contributed by atoms with E-state index in [4.69, 9.17) is 0 Å². The van der Waals surface area contributed by atoms with Gasteiger partial charge in [0.05, 0.1) is 6.04 Å². The third-order valence-corrected chi connectivity index (χ3v) is 5.85. The van der Waals surface area contributed by atoms with Gasteiger partial charge in [-0.3, -0.25) is 9.59 Å². The number of hydrogen-bond donors (Lipinski definition) is 1. The predicted octanol–water partition coefficient (Wildman–Crippen LogP) is 5.54. The zero-order valence-electron chi connectivity index (χ0n) is 16.8. The molecular weight excluding hydrogens is 380 g/mol. The van der Waals surface area contributed by atoms with Crippen LogP contribution in [0.25, 0.3) is 6.08 Å². The molecular formula is C24H24N2O2S. The molecule has 1 aromatic heterocycles. The molecule has 0 radical (unpaired) electrons. The van der Waals surface area contributed by atoms with Crippen LogP contribution in [0, 0.1) is 6.92 Å². The number of anilines is 1. The van der Waals surface area contributed by atoms with Gasteiger partial charge >= 0.3 is 0 Å². The molecule has 3 rings (SSSR count). The van der Waals surface area contributed by atoms with Crippen LogP contribution in [0.4, 0.5) is 5.69 Å². The van der Waals surface area contributed by atoms with Crippen LogP contribution in [0.5, 0.6) is 0 Å². The van der Waals surface area contributed by atoms with Gasteiger partial charge in [0.1, 0.15) is 0 Å². The fourth-order valence-electron chi connectivity index (χ4n) is 2.90. The maximum atomic E-state index is 12.6. The summed E-state index contributed by atoms with van der Waals surface area (Å²) in [5.41, 5.74) is 3.42. The number of carbonyl (C=O) groups is 2. The van der Waals surface area contributed by atoms with Crippen molar-refractivity contribution in [2.24, 2.45) is 0 Å². The fourth-order valence-corrected chi connectivity index (χ4v) is 3.72. The summed E-state index contributed by atoms with van der Waals surface area (Å²) in [4.78, 5) is 27.7. The lowest BCUT2D eigenvalue weighted by atomic mass is 10.1. The first kappa shape index (κ1) is 20.6. The van der Waals surface area contributed by atoms with Gasteiger partial charge in [0.2, 0.25) is 5.91 Å². The maximum Gasteiger partial charge on any atom is 0.255 e. The third kappa shape index (κ3) is 5.21. The summed E-state index contributed by atoms with van der Waals surface area (Å²) in [5, 5.41) is 4.93. The van der Waals surface area contributed by atoms with Gasteiger partial charge < -0.3 is 10.2 Å². The van der Waals surface area contributed by atoms with Crippen molar-refractivity contribution in [1.82, 2.24) is 4.90 Å². The summed E-state index contributed by atoms with van der Waals surface area (Å²) >= 11 is 1.62. The molecule has 4 nitrogen and oxygen atoms in total. The van der Waals surface area contributed by atoms with Crippen molar-refractivity contribution in [3.05, 3.63) is 93.7 Å². The number of carbonyl (C=O) groups excluding carboxylic acids is 2. The van der Waals surface area contributed by atoms with E-state index in [-0.39, 0.29) is 17.9 Å². The summed E-state index contributed by atoms with van der Waals surface area (Å²) < 4.78 is 0. The largest absolute Gasteiger partial charge is 0.335 e. The highest BCUT2D eigenvalue weighted by molar-refractivity contribution is 7.11. The molecule has 0 fully saturated rings. The van der Waals surface area contributed by atoms with Crippen molar-refractivity contribution in [3.63, 3.8) is 0 Å². The second kappa shape index (κ2) is 9.34. The van der Waals surface area contributed by atoms with E-state index in [2.05, 4.69) is 5.32 Å². The molecule has 0 bridgehead atoms. The van der Waals surface area contributed by atoms with Gasteiger partial charge in [0.25, 0.3) is 5.91 Å². The molecule has 5 heteroatoms. The second-order valence-corrected chi connectivity index (χ2v) is 7.82. The number of likely N-dealkylation sites (N-methyl/N-ethyl adjacent to an activating group) is 1. The van der Waals surface area contributed by atoms with Crippen LogP contribution < -0.4 is 5.32 Å². The van der Waals surface area contributed by atoms with Crippen molar-refractivity contribution in [2.45, 2.75) is 19.9 Å². The normalized spacial score (nSPS) is 12.0. The highest BCUT2D eigenvalue weighted by atomic mass is 32.1. The minimum absolute atomic E-state index is 0.0657. The predicted molar refractivity (Wildman–Crippen MR) is 120 cm³/mol. The molecule has 0 aliphatic carbocycles. The van der Waals surface area contributed by atoms with Gasteiger partial charge in [-0.2, -0.15) is 0 Å². The van der Waals surface area contributed by atoms with Gasteiger partial charge in [0.15, 0.2) is 0 Å². The second-order valence-electron chi connectivity index (χ2n) is 6.87. The van der Waals surface area contributed by atoms with Crippen LogP contribution in [-0.4, -0.2) is 23.8 Å². The minimum Gasteiger partial charge on any atom is -0.335 e. The van der Waals surface area contributed by atoms with Gasteiger partial charge in [0, 0.05) is 29.3 Å². The lowest BCUT2D eigenvalue weighted by molar-refractivity contribution is -0.126. The van der Waals surface area contributed by atoms with Crippen molar-refractivity contribution < 1.29 is 9.59 Å². The molecule has 29 heavy (non-hydrogen) atoms. The first-order chi connectivity index (χ1) is 14.0. The lowest BCUT2D eigenvalue weighted by Crippen LogP contribution is -2.28. The lowest BCUT2D eigenvalue weighted by Gasteiger charge is -2.24. The van der Waals surface area contributed by atoms with Crippen molar-refractivity contribution in [2.75, 3.05) is 12.4 Å². The van der Waals surface area contributed by atoms with Crippen LogP contribution in [0.2, 0.25) is 0 Å². The number of rotatable bonds is 6. The molecule has 3 aromatic rings. The molecule has 0 saturated carbocycles. The number of aryl methyl sites for hydroxylation is 1. The minimum atomic E-state index is -0.158. The number of amides is 2. The average molecular weight is 405 g/mol. The topological polar surface area (TPSA) is 49.4 Å². The number of nitrogens with one attached hydrogen (secondary N) is 1. The molecule has 0 aliphatic heterocycles. The molecule has 0 saturated heterocycles. The van der Waals surface area contributed by atoms with Crippen LogP contribution >= 0.6 is 11.3 Å². The summed E-state index contributed by atoms with van der Waals surface area (Å²) in [6.45, 7) is 4.00. The summed E-state index contributed by atoms with van der Waals surface area (Å²) in [7, 11) is 1.79. The van der Waals surface area contributed by atoms with E-state index in [0.29, 0.717) is 11.3 Å². The van der Waals surface area contributed by atoms with Crippen LogP contribution in [-0.2, 0) is 4.79 Å². The summed E-state index contributed by atoms with van der Waals surface area (Å²) in [6.07, 6.45) is 3.47. The van der Waals surface area contributed by atoms with Crippen molar-refractivity contribution in [3.8, 4) is 0 Å². The van der Waals surface area contributed by atoms with E-state index in [1.54, 1.807) is 41.5 Å². The van der Waals surface area contributed by atoms with E-state index < -0.39 is 0 Å². The Hall–Kier alpha value is -3.18. The van der Waals surface area contributed by atoms with Crippen LogP contribution in [0.1, 0.15) is 39.3 Å². The van der Waals surface area contributed by atoms with E-state index in [0.717, 1.165) is 16.0 Å². The Morgan fingerprint density at radius 3 is 2.52 bits per heavy atom. The van der Waals surface area contributed by atoms with E-state index in [1.807, 2.05) is 73.8 Å². The molecule has 1 heterocycles. The van der Waals surface area contributed by atoms with Gasteiger partial charge in [-0.15, -0.1) is 11.3 Å².